The van der Waals surface area contributed by atoms with Crippen LogP contribution in [0.5, 0.6) is 0 Å². The number of amides is 1. The number of aliphatic hydroxyl groups excluding tert-OH is 1. The zero-order valence-electron chi connectivity index (χ0n) is 20.1. The van der Waals surface area contributed by atoms with E-state index < -0.39 is 17.7 Å². The summed E-state index contributed by atoms with van der Waals surface area (Å²) in [6, 6.07) is 13.9. The lowest BCUT2D eigenvalue weighted by molar-refractivity contribution is -0.140. The van der Waals surface area contributed by atoms with Crippen molar-refractivity contribution in [1.29, 1.82) is 0 Å². The van der Waals surface area contributed by atoms with E-state index in [4.69, 9.17) is 11.6 Å². The highest BCUT2D eigenvalue weighted by Gasteiger charge is 2.46. The molecule has 0 radical (unpaired) electrons. The van der Waals surface area contributed by atoms with Gasteiger partial charge in [-0.05, 0) is 53.9 Å². The second-order valence-electron chi connectivity index (χ2n) is 9.40. The van der Waals surface area contributed by atoms with Gasteiger partial charge in [0, 0.05) is 23.7 Å². The Labute approximate surface area is 201 Å². The van der Waals surface area contributed by atoms with Crippen LogP contribution in [0.25, 0.3) is 5.76 Å². The van der Waals surface area contributed by atoms with Crippen molar-refractivity contribution in [2.45, 2.75) is 46.1 Å². The van der Waals surface area contributed by atoms with Crippen molar-refractivity contribution >= 4 is 29.1 Å². The Morgan fingerprint density at radius 1 is 1.00 bits per heavy atom. The Bertz CT molecular complexity index is 1030. The number of likely N-dealkylation sites (N-methyl/N-ethyl adjacent to an activating group) is 1. The third-order valence-corrected chi connectivity index (χ3v) is 6.55. The van der Waals surface area contributed by atoms with Gasteiger partial charge in [-0.1, -0.05) is 70.5 Å². The first kappa shape index (κ1) is 25.0. The number of Topliss-reactive ketones (excluding diaryl/α,β-unsaturated/α-hetero) is 1. The molecule has 1 atom stereocenters. The molecule has 0 aromatic heterocycles. The van der Waals surface area contributed by atoms with Crippen molar-refractivity contribution in [2.24, 2.45) is 0 Å². The zero-order valence-corrected chi connectivity index (χ0v) is 20.8. The number of benzene rings is 2. The number of halogens is 1. The molecule has 1 heterocycles. The minimum atomic E-state index is -0.660. The molecule has 0 bridgehead atoms. The van der Waals surface area contributed by atoms with Gasteiger partial charge < -0.3 is 14.9 Å². The van der Waals surface area contributed by atoms with Gasteiger partial charge in [0.15, 0.2) is 0 Å². The molecule has 1 amide bonds. The molecule has 3 rings (SSSR count). The summed E-state index contributed by atoms with van der Waals surface area (Å²) in [5.41, 5.74) is 2.51. The lowest BCUT2D eigenvalue weighted by Gasteiger charge is -2.28. The lowest BCUT2D eigenvalue weighted by atomic mass is 9.85. The molecule has 176 valence electrons. The quantitative estimate of drug-likeness (QED) is 0.335. The highest BCUT2D eigenvalue weighted by molar-refractivity contribution is 6.46. The molecule has 0 saturated carbocycles. The van der Waals surface area contributed by atoms with E-state index in [1.54, 1.807) is 29.2 Å². The van der Waals surface area contributed by atoms with Crippen LogP contribution < -0.4 is 0 Å². The minimum absolute atomic E-state index is 0.0214. The molecule has 6 heteroatoms. The molecule has 2 aromatic rings. The first-order chi connectivity index (χ1) is 15.6. The number of aliphatic hydroxyl groups is 1. The van der Waals surface area contributed by atoms with Crippen molar-refractivity contribution in [3.63, 3.8) is 0 Å². The van der Waals surface area contributed by atoms with Crippen molar-refractivity contribution in [3.05, 3.63) is 75.8 Å². The number of carbonyl (C=O) groups is 2. The van der Waals surface area contributed by atoms with E-state index in [1.807, 2.05) is 24.3 Å². The number of carbonyl (C=O) groups excluding carboxylic acids is 2. The first-order valence-electron chi connectivity index (χ1n) is 11.5. The number of rotatable bonds is 7. The Hall–Kier alpha value is -2.63. The van der Waals surface area contributed by atoms with Gasteiger partial charge in [-0.3, -0.25) is 9.59 Å². The fourth-order valence-corrected chi connectivity index (χ4v) is 4.30. The van der Waals surface area contributed by atoms with Gasteiger partial charge in [-0.25, -0.2) is 0 Å². The normalized spacial score (nSPS) is 18.4. The maximum absolute atomic E-state index is 13.1. The molecule has 1 aliphatic heterocycles. The van der Waals surface area contributed by atoms with Gasteiger partial charge in [-0.2, -0.15) is 0 Å². The lowest BCUT2D eigenvalue weighted by Crippen LogP contribution is -2.38. The monoisotopic (exact) mass is 468 g/mol. The van der Waals surface area contributed by atoms with Gasteiger partial charge in [0.2, 0.25) is 0 Å². The van der Waals surface area contributed by atoms with Crippen molar-refractivity contribution < 1.29 is 14.7 Å². The third-order valence-electron chi connectivity index (χ3n) is 6.30. The van der Waals surface area contributed by atoms with Crippen LogP contribution in [0, 0.1) is 0 Å². The van der Waals surface area contributed by atoms with Crippen LogP contribution >= 0.6 is 11.6 Å². The molecule has 0 spiro atoms. The van der Waals surface area contributed by atoms with E-state index in [0.29, 0.717) is 23.7 Å². The fourth-order valence-electron chi connectivity index (χ4n) is 4.17. The summed E-state index contributed by atoms with van der Waals surface area (Å²) in [7, 11) is 0. The second-order valence-corrected chi connectivity index (χ2v) is 9.83. The smallest absolute Gasteiger partial charge is 0.295 e. The number of hydrogen-bond donors (Lipinski definition) is 1. The molecular weight excluding hydrogens is 436 g/mol. The van der Waals surface area contributed by atoms with E-state index in [-0.39, 0.29) is 16.7 Å². The van der Waals surface area contributed by atoms with Gasteiger partial charge >= 0.3 is 0 Å². The molecule has 0 aliphatic carbocycles. The van der Waals surface area contributed by atoms with E-state index in [9.17, 15) is 14.7 Å². The maximum Gasteiger partial charge on any atom is 0.295 e. The van der Waals surface area contributed by atoms with Crippen molar-refractivity contribution in [1.82, 2.24) is 9.80 Å². The minimum Gasteiger partial charge on any atom is -0.507 e. The molecule has 0 unspecified atom stereocenters. The van der Waals surface area contributed by atoms with Crippen LogP contribution in [0.15, 0.2) is 54.1 Å². The van der Waals surface area contributed by atoms with Gasteiger partial charge in [0.1, 0.15) is 5.76 Å². The number of likely N-dealkylation sites (tertiary alicyclic amines) is 1. The Morgan fingerprint density at radius 3 is 2.09 bits per heavy atom. The average molecular weight is 469 g/mol. The molecular formula is C27H33ClN2O3. The third kappa shape index (κ3) is 5.31. The summed E-state index contributed by atoms with van der Waals surface area (Å²) in [5.74, 6) is -1.42. The number of ketones is 1. The Kier molecular flexibility index (Phi) is 7.65. The summed E-state index contributed by atoms with van der Waals surface area (Å²) >= 11 is 5.99. The largest absolute Gasteiger partial charge is 0.507 e. The Balaban J connectivity index is 2.10. The maximum atomic E-state index is 13.1. The topological polar surface area (TPSA) is 60.9 Å². The van der Waals surface area contributed by atoms with Crippen LogP contribution in [0.4, 0.5) is 0 Å². The summed E-state index contributed by atoms with van der Waals surface area (Å²) in [5, 5.41) is 11.7. The summed E-state index contributed by atoms with van der Waals surface area (Å²) in [4.78, 5) is 30.0. The molecule has 2 aromatic carbocycles. The standard InChI is InChI=1S/C27H33ClN2O3/c1-6-29(7-2)16-17-30-23(18-8-12-20(13-9-18)27(3,4)5)22(25(32)26(30)33)24(31)19-10-14-21(28)15-11-19/h8-15,23,31H,6-7,16-17H2,1-5H3/b24-22+/t23-/m0/s1. The van der Waals surface area contributed by atoms with Crippen LogP contribution in [0.3, 0.4) is 0 Å². The molecule has 1 fully saturated rings. The van der Waals surface area contributed by atoms with Crippen molar-refractivity contribution in [3.8, 4) is 0 Å². The number of nitrogens with zero attached hydrogens (tertiary/aromatic N) is 2. The predicted molar refractivity (Wildman–Crippen MR) is 133 cm³/mol. The van der Waals surface area contributed by atoms with Crippen LogP contribution in [0.2, 0.25) is 5.02 Å². The van der Waals surface area contributed by atoms with Gasteiger partial charge in [0.05, 0.1) is 11.6 Å². The fraction of sp³-hybridized carbons (Fsp3) is 0.407. The van der Waals surface area contributed by atoms with Gasteiger partial charge in [-0.15, -0.1) is 0 Å². The average Bonchev–Trinajstić information content (AvgIpc) is 3.04. The predicted octanol–water partition coefficient (Wildman–Crippen LogP) is 5.40. The highest BCUT2D eigenvalue weighted by Crippen LogP contribution is 2.40. The second kappa shape index (κ2) is 10.1. The van der Waals surface area contributed by atoms with E-state index >= 15 is 0 Å². The molecule has 1 saturated heterocycles. The molecule has 1 N–H and O–H groups in total. The van der Waals surface area contributed by atoms with E-state index in [1.165, 1.54) is 0 Å². The molecule has 1 aliphatic rings. The number of hydrogen-bond acceptors (Lipinski definition) is 4. The first-order valence-corrected chi connectivity index (χ1v) is 11.8. The SMILES string of the molecule is CCN(CC)CCN1C(=O)C(=O)/C(=C(/O)c2ccc(Cl)cc2)[C@@H]1c1ccc(C(C)(C)C)cc1. The van der Waals surface area contributed by atoms with Crippen LogP contribution in [0.1, 0.15) is 57.4 Å². The Morgan fingerprint density at radius 2 is 1.58 bits per heavy atom. The van der Waals surface area contributed by atoms with Crippen LogP contribution in [-0.4, -0.2) is 52.8 Å². The van der Waals surface area contributed by atoms with E-state index in [2.05, 4.69) is 39.5 Å². The van der Waals surface area contributed by atoms with Crippen LogP contribution in [-0.2, 0) is 15.0 Å². The summed E-state index contributed by atoms with van der Waals surface area (Å²) < 4.78 is 0. The highest BCUT2D eigenvalue weighted by atomic mass is 35.5. The zero-order chi connectivity index (χ0) is 24.3. The molecule has 5 nitrogen and oxygen atoms in total. The van der Waals surface area contributed by atoms with Crippen molar-refractivity contribution in [2.75, 3.05) is 26.2 Å². The summed E-state index contributed by atoms with van der Waals surface area (Å²) in [6.07, 6.45) is 0. The molecule has 33 heavy (non-hydrogen) atoms. The van der Waals surface area contributed by atoms with Gasteiger partial charge in [0.25, 0.3) is 11.7 Å². The van der Waals surface area contributed by atoms with E-state index in [0.717, 1.165) is 24.2 Å². The summed E-state index contributed by atoms with van der Waals surface area (Å²) in [6.45, 7) is 13.3.